The fourth-order valence-corrected chi connectivity index (χ4v) is 5.41. The van der Waals surface area contributed by atoms with Crippen molar-refractivity contribution in [3.63, 3.8) is 0 Å². The van der Waals surface area contributed by atoms with E-state index >= 15 is 0 Å². The van der Waals surface area contributed by atoms with Crippen LogP contribution in [0.2, 0.25) is 0 Å². The topological polar surface area (TPSA) is 87.7 Å². The molecule has 36 heavy (non-hydrogen) atoms. The van der Waals surface area contributed by atoms with Gasteiger partial charge in [0.2, 0.25) is 0 Å². The number of amides is 1. The number of hydrogen-bond donors (Lipinski definition) is 2. The van der Waals surface area contributed by atoms with E-state index in [1.54, 1.807) is 0 Å². The molecule has 1 unspecified atom stereocenters. The van der Waals surface area contributed by atoms with Gasteiger partial charge in [-0.25, -0.2) is 4.79 Å². The average molecular weight is 490 g/mol. The minimum Gasteiger partial charge on any atom is -0.491 e. The molecule has 1 aromatic heterocycles. The second-order valence-electron chi connectivity index (χ2n) is 10.4. The van der Waals surface area contributed by atoms with Crippen molar-refractivity contribution >= 4 is 28.4 Å². The SMILES string of the molecule is Nc1c(-c2ccc(NC(=O)OCC3CCC3)cc2)n(C2CCC2)c2cc(OCC3CCCO3)ccc12. The fraction of sp³-hybridized carbons (Fsp3) is 0.483. The molecule has 2 aliphatic carbocycles. The molecule has 1 atom stereocenters. The molecular formula is C29H35N3O4. The van der Waals surface area contributed by atoms with Crippen LogP contribution in [0.25, 0.3) is 22.2 Å². The highest BCUT2D eigenvalue weighted by atomic mass is 16.5. The molecule has 1 aliphatic heterocycles. The van der Waals surface area contributed by atoms with E-state index in [2.05, 4.69) is 22.0 Å². The summed E-state index contributed by atoms with van der Waals surface area (Å²) in [6.45, 7) is 1.91. The molecule has 1 saturated heterocycles. The van der Waals surface area contributed by atoms with Gasteiger partial charge >= 0.3 is 6.09 Å². The van der Waals surface area contributed by atoms with Gasteiger partial charge in [0.1, 0.15) is 12.4 Å². The van der Waals surface area contributed by atoms with Gasteiger partial charge in [-0.2, -0.15) is 0 Å². The molecule has 3 aromatic rings. The van der Waals surface area contributed by atoms with Crippen molar-refractivity contribution < 1.29 is 19.0 Å². The van der Waals surface area contributed by atoms with E-state index in [4.69, 9.17) is 19.9 Å². The van der Waals surface area contributed by atoms with Gasteiger partial charge in [-0.1, -0.05) is 18.6 Å². The summed E-state index contributed by atoms with van der Waals surface area (Å²) in [7, 11) is 0. The zero-order valence-corrected chi connectivity index (χ0v) is 20.7. The van der Waals surface area contributed by atoms with Crippen molar-refractivity contribution in [2.45, 2.75) is 63.5 Å². The minimum atomic E-state index is -0.395. The molecule has 2 aromatic carbocycles. The van der Waals surface area contributed by atoms with Crippen molar-refractivity contribution in [3.05, 3.63) is 42.5 Å². The monoisotopic (exact) mass is 489 g/mol. The van der Waals surface area contributed by atoms with E-state index < -0.39 is 6.09 Å². The third-order valence-electron chi connectivity index (χ3n) is 7.99. The van der Waals surface area contributed by atoms with Crippen LogP contribution in [0.4, 0.5) is 16.2 Å². The molecule has 6 rings (SSSR count). The first-order valence-corrected chi connectivity index (χ1v) is 13.4. The lowest BCUT2D eigenvalue weighted by Gasteiger charge is -2.30. The maximum Gasteiger partial charge on any atom is 0.411 e. The maximum atomic E-state index is 12.2. The number of rotatable bonds is 8. The Balaban J connectivity index is 1.24. The van der Waals surface area contributed by atoms with Crippen molar-refractivity contribution in [2.75, 3.05) is 30.9 Å². The quantitative estimate of drug-likeness (QED) is 0.376. The molecule has 1 amide bonds. The molecule has 7 nitrogen and oxygen atoms in total. The zero-order chi connectivity index (χ0) is 24.5. The summed E-state index contributed by atoms with van der Waals surface area (Å²) in [6, 6.07) is 14.5. The van der Waals surface area contributed by atoms with E-state index in [1.165, 1.54) is 12.8 Å². The molecule has 2 saturated carbocycles. The number of carbonyl (C=O) groups is 1. The number of fused-ring (bicyclic) bond motifs is 1. The van der Waals surface area contributed by atoms with Gasteiger partial charge < -0.3 is 24.5 Å². The maximum absolute atomic E-state index is 12.2. The predicted molar refractivity (Wildman–Crippen MR) is 141 cm³/mol. The first-order valence-electron chi connectivity index (χ1n) is 13.4. The minimum absolute atomic E-state index is 0.183. The Morgan fingerprint density at radius 2 is 1.81 bits per heavy atom. The highest BCUT2D eigenvalue weighted by Gasteiger charge is 2.27. The molecule has 0 spiro atoms. The van der Waals surface area contributed by atoms with Gasteiger partial charge in [0, 0.05) is 35.4 Å². The third-order valence-corrected chi connectivity index (χ3v) is 7.99. The number of nitrogens with one attached hydrogen (secondary N) is 1. The number of benzene rings is 2. The van der Waals surface area contributed by atoms with Gasteiger partial charge in [-0.15, -0.1) is 0 Å². The number of nitrogen functional groups attached to an aromatic ring is 1. The molecule has 0 radical (unpaired) electrons. The van der Waals surface area contributed by atoms with E-state index in [1.807, 2.05) is 30.3 Å². The Bertz CT molecular complexity index is 1220. The van der Waals surface area contributed by atoms with Gasteiger partial charge in [-0.3, -0.25) is 5.32 Å². The lowest BCUT2D eigenvalue weighted by molar-refractivity contribution is 0.0680. The van der Waals surface area contributed by atoms with Crippen molar-refractivity contribution in [2.24, 2.45) is 5.92 Å². The number of hydrogen-bond acceptors (Lipinski definition) is 5. The standard InChI is InChI=1S/C29H35N3O4/c30-27-25-14-13-23(35-18-24-8-3-15-34-24)16-26(25)32(22-6-2-7-22)28(27)20-9-11-21(12-10-20)31-29(33)36-17-19-4-1-5-19/h9-14,16,19,22,24H,1-8,15,17-18,30H2,(H,31,33). The summed E-state index contributed by atoms with van der Waals surface area (Å²) < 4.78 is 19.6. The Kier molecular flexibility index (Phi) is 6.48. The molecule has 0 bridgehead atoms. The molecule has 7 heteroatoms. The number of carbonyl (C=O) groups excluding carboxylic acids is 1. The molecule has 3 aliphatic rings. The summed E-state index contributed by atoms with van der Waals surface area (Å²) in [6.07, 6.45) is 9.01. The van der Waals surface area contributed by atoms with Crippen LogP contribution >= 0.6 is 0 Å². The van der Waals surface area contributed by atoms with Gasteiger partial charge in [0.25, 0.3) is 0 Å². The Morgan fingerprint density at radius 3 is 2.47 bits per heavy atom. The van der Waals surface area contributed by atoms with Crippen molar-refractivity contribution in [1.82, 2.24) is 4.57 Å². The Morgan fingerprint density at radius 1 is 1.00 bits per heavy atom. The van der Waals surface area contributed by atoms with Crippen molar-refractivity contribution in [3.8, 4) is 17.0 Å². The van der Waals surface area contributed by atoms with Crippen LogP contribution in [0.1, 0.15) is 57.4 Å². The van der Waals surface area contributed by atoms with Crippen LogP contribution < -0.4 is 15.8 Å². The van der Waals surface area contributed by atoms with Crippen LogP contribution in [-0.2, 0) is 9.47 Å². The summed E-state index contributed by atoms with van der Waals surface area (Å²) in [5.74, 6) is 1.37. The molecule has 3 fully saturated rings. The zero-order valence-electron chi connectivity index (χ0n) is 20.7. The first kappa shape index (κ1) is 23.2. The fourth-order valence-electron chi connectivity index (χ4n) is 5.41. The van der Waals surface area contributed by atoms with Crippen LogP contribution in [0.3, 0.4) is 0 Å². The Labute approximate surface area is 211 Å². The van der Waals surface area contributed by atoms with E-state index in [0.717, 1.165) is 78.7 Å². The number of ether oxygens (including phenoxy) is 3. The largest absolute Gasteiger partial charge is 0.491 e. The predicted octanol–water partition coefficient (Wildman–Crippen LogP) is 6.52. The summed E-state index contributed by atoms with van der Waals surface area (Å²) in [5.41, 5.74) is 11.4. The smallest absolute Gasteiger partial charge is 0.411 e. The van der Waals surface area contributed by atoms with E-state index in [-0.39, 0.29) is 6.10 Å². The van der Waals surface area contributed by atoms with Crippen molar-refractivity contribution in [1.29, 1.82) is 0 Å². The van der Waals surface area contributed by atoms with Gasteiger partial charge in [0.05, 0.1) is 29.6 Å². The number of anilines is 2. The second-order valence-corrected chi connectivity index (χ2v) is 10.4. The second kappa shape index (κ2) is 10.1. The van der Waals surface area contributed by atoms with Crippen LogP contribution in [0.15, 0.2) is 42.5 Å². The van der Waals surface area contributed by atoms with Crippen LogP contribution in [-0.4, -0.2) is 36.6 Å². The summed E-state index contributed by atoms with van der Waals surface area (Å²) in [4.78, 5) is 12.2. The highest BCUT2D eigenvalue weighted by Crippen LogP contribution is 2.45. The number of aromatic nitrogens is 1. The Hall–Kier alpha value is -3.19. The highest BCUT2D eigenvalue weighted by molar-refractivity contribution is 6.01. The first-order chi connectivity index (χ1) is 17.7. The van der Waals surface area contributed by atoms with Crippen LogP contribution in [0.5, 0.6) is 5.75 Å². The summed E-state index contributed by atoms with van der Waals surface area (Å²) in [5, 5.41) is 3.89. The molecule has 3 N–H and O–H groups in total. The van der Waals surface area contributed by atoms with Gasteiger partial charge in [-0.05, 0) is 75.1 Å². The number of nitrogens with two attached hydrogens (primary N) is 1. The molecule has 2 heterocycles. The average Bonchev–Trinajstić information content (AvgIpc) is 3.43. The molecular weight excluding hydrogens is 454 g/mol. The third kappa shape index (κ3) is 4.64. The lowest BCUT2D eigenvalue weighted by atomic mass is 9.86. The van der Waals surface area contributed by atoms with E-state index in [0.29, 0.717) is 30.9 Å². The summed E-state index contributed by atoms with van der Waals surface area (Å²) >= 11 is 0. The van der Waals surface area contributed by atoms with E-state index in [9.17, 15) is 4.79 Å². The number of nitrogens with zero attached hydrogens (tertiary/aromatic N) is 1. The van der Waals surface area contributed by atoms with Gasteiger partial charge in [0.15, 0.2) is 0 Å². The van der Waals surface area contributed by atoms with Crippen LogP contribution in [0, 0.1) is 5.92 Å². The molecule has 190 valence electrons. The lowest BCUT2D eigenvalue weighted by Crippen LogP contribution is -2.22. The normalized spacial score (nSPS) is 20.2.